The largest absolute Gasteiger partial charge is 0.432 e. The fourth-order valence-electron chi connectivity index (χ4n) is 2.58. The Hall–Kier alpha value is -3.47. The summed E-state index contributed by atoms with van der Waals surface area (Å²) in [7, 11) is 0. The van der Waals surface area contributed by atoms with Crippen LogP contribution in [-0.2, 0) is 5.72 Å². The summed E-state index contributed by atoms with van der Waals surface area (Å²) in [6, 6.07) is 7.36. The molecule has 8 nitrogen and oxygen atoms in total. The molecule has 1 aromatic heterocycles. The Kier molecular flexibility index (Phi) is 4.31. The predicted molar refractivity (Wildman–Crippen MR) is 84.7 cm³/mol. The monoisotopic (exact) mass is 380 g/mol. The van der Waals surface area contributed by atoms with Crippen LogP contribution in [0.1, 0.15) is 15.9 Å². The van der Waals surface area contributed by atoms with Crippen LogP contribution in [0.25, 0.3) is 0 Å². The molecule has 1 atom stereocenters. The van der Waals surface area contributed by atoms with Crippen LogP contribution in [0.15, 0.2) is 60.6 Å². The van der Waals surface area contributed by atoms with Gasteiger partial charge in [0, 0.05) is 30.1 Å². The van der Waals surface area contributed by atoms with Gasteiger partial charge >= 0.3 is 6.18 Å². The number of carbonyl (C=O) groups excluding carboxylic acids is 1. The quantitative estimate of drug-likeness (QED) is 0.625. The minimum atomic E-state index is -4.89. The molecule has 27 heavy (non-hydrogen) atoms. The van der Waals surface area contributed by atoms with Gasteiger partial charge in [-0.3, -0.25) is 25.3 Å². The molecule has 2 N–H and O–H groups in total. The number of nitrogens with one attached hydrogen (secondary N) is 1. The average molecular weight is 380 g/mol. The van der Waals surface area contributed by atoms with Gasteiger partial charge in [-0.2, -0.15) is 13.2 Å². The molecule has 140 valence electrons. The molecule has 0 spiro atoms. The maximum absolute atomic E-state index is 13.2. The van der Waals surface area contributed by atoms with Crippen LogP contribution in [0.3, 0.4) is 0 Å². The minimum Gasteiger partial charge on any atom is -0.362 e. The molecular formula is C16H11F3N4O4. The van der Waals surface area contributed by atoms with Gasteiger partial charge in [0.2, 0.25) is 5.72 Å². The lowest BCUT2D eigenvalue weighted by Crippen LogP contribution is -2.51. The lowest BCUT2D eigenvalue weighted by atomic mass is 10.0. The lowest BCUT2D eigenvalue weighted by molar-refractivity contribution is -0.385. The van der Waals surface area contributed by atoms with Gasteiger partial charge in [-0.15, -0.1) is 0 Å². The molecule has 2 heterocycles. The maximum Gasteiger partial charge on any atom is 0.432 e. The zero-order valence-electron chi connectivity index (χ0n) is 13.3. The number of para-hydroxylation sites is 1. The first-order valence-electron chi connectivity index (χ1n) is 7.42. The number of aromatic nitrogens is 1. The van der Waals surface area contributed by atoms with Crippen LogP contribution >= 0.6 is 0 Å². The molecule has 3 rings (SSSR count). The molecule has 0 saturated heterocycles. The number of hydrazine groups is 1. The highest BCUT2D eigenvalue weighted by molar-refractivity contribution is 5.98. The molecule has 0 fully saturated rings. The summed E-state index contributed by atoms with van der Waals surface area (Å²) < 4.78 is 39.5. The summed E-state index contributed by atoms with van der Waals surface area (Å²) in [5, 5.41) is 22.3. The SMILES string of the molecule is O=C(c1ccccc1[N+](=O)[O-])N1NC(C(F)(F)F)=CC1(O)c1cccnc1. The Bertz CT molecular complexity index is 933. The summed E-state index contributed by atoms with van der Waals surface area (Å²) in [6.07, 6.45) is -2.07. The van der Waals surface area contributed by atoms with Crippen LogP contribution in [-0.4, -0.2) is 32.1 Å². The molecule has 0 saturated carbocycles. The van der Waals surface area contributed by atoms with Crippen LogP contribution in [0.5, 0.6) is 0 Å². The van der Waals surface area contributed by atoms with Gasteiger partial charge in [0.25, 0.3) is 11.6 Å². The second-order valence-corrected chi connectivity index (χ2v) is 5.55. The fraction of sp³-hybridized carbons (Fsp3) is 0.125. The number of nitro benzene ring substituents is 1. The van der Waals surface area contributed by atoms with Gasteiger partial charge in [-0.05, 0) is 12.1 Å². The van der Waals surface area contributed by atoms with Crippen molar-refractivity contribution in [1.29, 1.82) is 0 Å². The van der Waals surface area contributed by atoms with Gasteiger partial charge in [-0.25, -0.2) is 5.01 Å². The van der Waals surface area contributed by atoms with Crippen molar-refractivity contribution in [3.8, 4) is 0 Å². The zero-order chi connectivity index (χ0) is 19.8. The van der Waals surface area contributed by atoms with E-state index in [4.69, 9.17) is 0 Å². The van der Waals surface area contributed by atoms with E-state index in [-0.39, 0.29) is 10.6 Å². The average Bonchev–Trinajstić information content (AvgIpc) is 3.01. The highest BCUT2D eigenvalue weighted by Gasteiger charge is 2.51. The van der Waals surface area contributed by atoms with Gasteiger partial charge in [0.15, 0.2) is 0 Å². The maximum atomic E-state index is 13.2. The molecule has 2 aromatic rings. The minimum absolute atomic E-state index is 0.135. The molecule has 1 aliphatic heterocycles. The molecule has 1 amide bonds. The van der Waals surface area contributed by atoms with Gasteiger partial charge in [-0.1, -0.05) is 18.2 Å². The number of alkyl halides is 3. The van der Waals surface area contributed by atoms with Crippen molar-refractivity contribution in [2.24, 2.45) is 0 Å². The van der Waals surface area contributed by atoms with E-state index in [1.807, 2.05) is 0 Å². The highest BCUT2D eigenvalue weighted by Crippen LogP contribution is 2.38. The topological polar surface area (TPSA) is 109 Å². The van der Waals surface area contributed by atoms with Gasteiger partial charge in [0.1, 0.15) is 11.3 Å². The Morgan fingerprint density at radius 3 is 2.56 bits per heavy atom. The van der Waals surface area contributed by atoms with Crippen LogP contribution in [0, 0.1) is 10.1 Å². The van der Waals surface area contributed by atoms with Gasteiger partial charge in [0.05, 0.1) is 4.92 Å². The number of hydrogen-bond acceptors (Lipinski definition) is 6. The Morgan fingerprint density at radius 1 is 1.26 bits per heavy atom. The summed E-state index contributed by atoms with van der Waals surface area (Å²) in [5.41, 5.74) is -3.38. The van der Waals surface area contributed by atoms with E-state index in [1.165, 1.54) is 30.5 Å². The number of rotatable bonds is 3. The molecule has 0 bridgehead atoms. The van der Waals surface area contributed by atoms with E-state index in [1.54, 1.807) is 5.43 Å². The molecule has 1 unspecified atom stereocenters. The zero-order valence-corrected chi connectivity index (χ0v) is 13.3. The molecule has 0 radical (unpaired) electrons. The van der Waals surface area contributed by atoms with Crippen molar-refractivity contribution in [2.45, 2.75) is 11.9 Å². The van der Waals surface area contributed by atoms with Crippen molar-refractivity contribution in [2.75, 3.05) is 0 Å². The third-order valence-corrected chi connectivity index (χ3v) is 3.84. The second kappa shape index (κ2) is 6.36. The normalized spacial score (nSPS) is 19.4. The number of halogens is 3. The van der Waals surface area contributed by atoms with Crippen molar-refractivity contribution in [3.63, 3.8) is 0 Å². The predicted octanol–water partition coefficient (Wildman–Crippen LogP) is 2.24. The van der Waals surface area contributed by atoms with Crippen LogP contribution in [0.2, 0.25) is 0 Å². The van der Waals surface area contributed by atoms with Crippen LogP contribution < -0.4 is 5.43 Å². The van der Waals surface area contributed by atoms with Crippen molar-refractivity contribution in [1.82, 2.24) is 15.4 Å². The van der Waals surface area contributed by atoms with Crippen molar-refractivity contribution >= 4 is 11.6 Å². The Balaban J connectivity index is 2.11. The highest BCUT2D eigenvalue weighted by atomic mass is 19.4. The number of hydrogen-bond donors (Lipinski definition) is 2. The van der Waals surface area contributed by atoms with E-state index < -0.39 is 39.7 Å². The number of amides is 1. The number of carbonyl (C=O) groups is 1. The van der Waals surface area contributed by atoms with E-state index in [0.29, 0.717) is 6.08 Å². The summed E-state index contributed by atoms with van der Waals surface area (Å²) in [5.74, 6) is -1.22. The standard InChI is InChI=1S/C16H11F3N4O4/c17-16(18,19)13-8-15(25,10-4-3-7-20-9-10)22(21-13)14(24)11-5-1-2-6-12(11)23(26)27/h1-9,21,25H. The third-order valence-electron chi connectivity index (χ3n) is 3.84. The van der Waals surface area contributed by atoms with E-state index >= 15 is 0 Å². The molecule has 0 aliphatic carbocycles. The second-order valence-electron chi connectivity index (χ2n) is 5.55. The third kappa shape index (κ3) is 3.19. The molecule has 11 heteroatoms. The molecular weight excluding hydrogens is 369 g/mol. The first-order chi connectivity index (χ1) is 12.6. The van der Waals surface area contributed by atoms with Crippen molar-refractivity contribution < 1.29 is 28.0 Å². The first-order valence-corrected chi connectivity index (χ1v) is 7.42. The van der Waals surface area contributed by atoms with Gasteiger partial charge < -0.3 is 5.11 Å². The number of aliphatic hydroxyl groups is 1. The summed E-state index contributed by atoms with van der Waals surface area (Å²) in [4.78, 5) is 26.8. The number of nitro groups is 1. The number of pyridine rings is 1. The van der Waals surface area contributed by atoms with Crippen LogP contribution in [0.4, 0.5) is 18.9 Å². The van der Waals surface area contributed by atoms with E-state index in [0.717, 1.165) is 18.3 Å². The summed E-state index contributed by atoms with van der Waals surface area (Å²) in [6.45, 7) is 0. The van der Waals surface area contributed by atoms with Crippen molar-refractivity contribution in [3.05, 3.63) is 81.8 Å². The fourth-order valence-corrected chi connectivity index (χ4v) is 2.58. The number of benzene rings is 1. The number of allylic oxidation sites excluding steroid dienone is 1. The molecule has 1 aliphatic rings. The van der Waals surface area contributed by atoms with E-state index in [2.05, 4.69) is 4.98 Å². The molecule has 1 aromatic carbocycles. The Morgan fingerprint density at radius 2 is 1.96 bits per heavy atom. The smallest absolute Gasteiger partial charge is 0.362 e. The number of nitrogens with zero attached hydrogens (tertiary/aromatic N) is 3. The Labute approximate surface area is 149 Å². The lowest BCUT2D eigenvalue weighted by Gasteiger charge is -2.32. The summed E-state index contributed by atoms with van der Waals surface area (Å²) >= 11 is 0. The first kappa shape index (κ1) is 18.3. The van der Waals surface area contributed by atoms with E-state index in [9.17, 15) is 33.2 Å².